The van der Waals surface area contributed by atoms with Crippen molar-refractivity contribution in [2.24, 2.45) is 0 Å². The minimum absolute atomic E-state index is 0.274. The average Bonchev–Trinajstić information content (AvgIpc) is 3.19. The van der Waals surface area contributed by atoms with Crippen molar-refractivity contribution in [1.29, 1.82) is 0 Å². The van der Waals surface area contributed by atoms with Crippen LogP contribution in [0.5, 0.6) is 0 Å². The Bertz CT molecular complexity index is 1040. The molecule has 1 aliphatic rings. The smallest absolute Gasteiger partial charge is 0.240 e. The Labute approximate surface area is 172 Å². The maximum atomic E-state index is 13.0. The number of hydrogen-bond donors (Lipinski definition) is 0. The zero-order valence-electron chi connectivity index (χ0n) is 16.6. The Morgan fingerprint density at radius 2 is 1.55 bits per heavy atom. The van der Waals surface area contributed by atoms with Crippen molar-refractivity contribution < 1.29 is 8.42 Å². The second-order valence-corrected chi connectivity index (χ2v) is 9.41. The number of aromatic nitrogens is 2. The molecule has 2 heterocycles. The van der Waals surface area contributed by atoms with Crippen LogP contribution < -0.4 is 0 Å². The van der Waals surface area contributed by atoms with Gasteiger partial charge in [0.15, 0.2) is 0 Å². The summed E-state index contributed by atoms with van der Waals surface area (Å²) in [5.41, 5.74) is 3.59. The normalized spacial score (nSPS) is 15.7. The average molecular weight is 411 g/mol. The molecule has 0 N–H and O–H groups in total. The lowest BCUT2D eigenvalue weighted by Gasteiger charge is -2.30. The molecule has 0 bridgehead atoms. The first-order chi connectivity index (χ1) is 14.1. The summed E-state index contributed by atoms with van der Waals surface area (Å²) in [6.45, 7) is 1.47. The molecule has 0 saturated carbocycles. The van der Waals surface area contributed by atoms with Crippen LogP contribution in [0.25, 0.3) is 16.9 Å². The third kappa shape index (κ3) is 4.27. The Kier molecular flexibility index (Phi) is 5.80. The summed E-state index contributed by atoms with van der Waals surface area (Å²) in [5, 5.41) is 4.78. The van der Waals surface area contributed by atoms with Gasteiger partial charge >= 0.3 is 0 Å². The van der Waals surface area contributed by atoms with Gasteiger partial charge in [0.05, 0.1) is 11.4 Å². The first kappa shape index (κ1) is 19.8. The van der Waals surface area contributed by atoms with E-state index in [0.29, 0.717) is 13.1 Å². The molecule has 0 spiro atoms. The zero-order chi connectivity index (χ0) is 20.3. The molecule has 2 aromatic carbocycles. The molecule has 0 aliphatic carbocycles. The van der Waals surface area contributed by atoms with Gasteiger partial charge in [-0.2, -0.15) is 22.1 Å². The van der Waals surface area contributed by atoms with Crippen LogP contribution in [0, 0.1) is 0 Å². The maximum Gasteiger partial charge on any atom is 0.282 e. The predicted molar refractivity (Wildman–Crippen MR) is 115 cm³/mol. The van der Waals surface area contributed by atoms with E-state index in [9.17, 15) is 8.42 Å². The van der Waals surface area contributed by atoms with E-state index < -0.39 is 10.2 Å². The van der Waals surface area contributed by atoms with E-state index in [1.807, 2.05) is 71.5 Å². The molecule has 0 atom stereocenters. The molecule has 1 aliphatic heterocycles. The van der Waals surface area contributed by atoms with Crippen molar-refractivity contribution in [3.8, 4) is 16.9 Å². The molecule has 0 amide bonds. The van der Waals surface area contributed by atoms with Gasteiger partial charge in [-0.25, -0.2) is 4.68 Å². The highest BCUT2D eigenvalue weighted by molar-refractivity contribution is 7.86. The minimum Gasteiger partial charge on any atom is -0.240 e. The fourth-order valence-corrected chi connectivity index (χ4v) is 5.11. The van der Waals surface area contributed by atoms with Crippen molar-refractivity contribution in [1.82, 2.24) is 18.4 Å². The predicted octanol–water partition coefficient (Wildman–Crippen LogP) is 3.70. The van der Waals surface area contributed by atoms with Gasteiger partial charge in [-0.1, -0.05) is 55.0 Å². The van der Waals surface area contributed by atoms with Crippen molar-refractivity contribution in [3.05, 3.63) is 72.4 Å². The molecule has 1 fully saturated rings. The Balaban J connectivity index is 1.67. The van der Waals surface area contributed by atoms with Gasteiger partial charge < -0.3 is 0 Å². The van der Waals surface area contributed by atoms with E-state index >= 15 is 0 Å². The molecule has 0 unspecified atom stereocenters. The van der Waals surface area contributed by atoms with Crippen LogP contribution >= 0.6 is 0 Å². The second-order valence-electron chi connectivity index (χ2n) is 7.37. The quantitative estimate of drug-likeness (QED) is 0.623. The maximum absolute atomic E-state index is 13.0. The monoisotopic (exact) mass is 410 g/mol. The van der Waals surface area contributed by atoms with Gasteiger partial charge in [0.1, 0.15) is 0 Å². The molecule has 4 rings (SSSR count). The van der Waals surface area contributed by atoms with Crippen LogP contribution in [-0.2, 0) is 16.8 Å². The largest absolute Gasteiger partial charge is 0.282 e. The topological polar surface area (TPSA) is 58.4 Å². The first-order valence-electron chi connectivity index (χ1n) is 9.96. The Hall–Kier alpha value is -2.48. The molecule has 3 aromatic rings. The zero-order valence-corrected chi connectivity index (χ0v) is 17.4. The summed E-state index contributed by atoms with van der Waals surface area (Å²) in [4.78, 5) is 0. The number of nitrogens with zero attached hydrogens (tertiary/aromatic N) is 4. The van der Waals surface area contributed by atoms with E-state index in [2.05, 4.69) is 0 Å². The number of benzene rings is 2. The Morgan fingerprint density at radius 1 is 0.931 bits per heavy atom. The summed E-state index contributed by atoms with van der Waals surface area (Å²) in [6, 6.07) is 19.8. The molecule has 6 nitrogen and oxygen atoms in total. The fraction of sp³-hybridized carbons (Fsp3) is 0.318. The fourth-order valence-electron chi connectivity index (χ4n) is 3.69. The molecular weight excluding hydrogens is 384 g/mol. The molecule has 1 aromatic heterocycles. The van der Waals surface area contributed by atoms with Crippen LogP contribution in [0.15, 0.2) is 66.9 Å². The van der Waals surface area contributed by atoms with Crippen LogP contribution in [0.3, 0.4) is 0 Å². The van der Waals surface area contributed by atoms with Crippen molar-refractivity contribution in [3.63, 3.8) is 0 Å². The van der Waals surface area contributed by atoms with Crippen molar-refractivity contribution >= 4 is 10.2 Å². The van der Waals surface area contributed by atoms with Crippen LogP contribution in [0.2, 0.25) is 0 Å². The van der Waals surface area contributed by atoms with Gasteiger partial charge in [0.2, 0.25) is 0 Å². The van der Waals surface area contributed by atoms with E-state index in [-0.39, 0.29) is 6.54 Å². The number of para-hydroxylation sites is 1. The van der Waals surface area contributed by atoms with Crippen LogP contribution in [0.4, 0.5) is 0 Å². The standard InChI is InChI=1S/C22H26N4O2S/c1-24(29(27,28)25-15-9-4-10-16-25)17-20-18-26(21-13-7-3-8-14-21)23-22(20)19-11-5-2-6-12-19/h2-3,5-8,11-14,18H,4,9-10,15-17H2,1H3. The number of rotatable bonds is 6. The van der Waals surface area contributed by atoms with Crippen molar-refractivity contribution in [2.75, 3.05) is 20.1 Å². The molecule has 7 heteroatoms. The summed E-state index contributed by atoms with van der Waals surface area (Å²) in [5.74, 6) is 0. The highest BCUT2D eigenvalue weighted by atomic mass is 32.2. The SMILES string of the molecule is CN(Cc1cn(-c2ccccc2)nc1-c1ccccc1)S(=O)(=O)N1CCCCC1. The van der Waals surface area contributed by atoms with Crippen LogP contribution in [0.1, 0.15) is 24.8 Å². The van der Waals surface area contributed by atoms with Gasteiger partial charge in [-0.3, -0.25) is 0 Å². The number of hydrogen-bond acceptors (Lipinski definition) is 3. The summed E-state index contributed by atoms with van der Waals surface area (Å²) in [6.07, 6.45) is 4.88. The molecule has 0 radical (unpaired) electrons. The molecule has 152 valence electrons. The first-order valence-corrected chi connectivity index (χ1v) is 11.4. The summed E-state index contributed by atoms with van der Waals surface area (Å²) < 4.78 is 30.9. The van der Waals surface area contributed by atoms with E-state index in [1.54, 1.807) is 11.4 Å². The highest BCUT2D eigenvalue weighted by Gasteiger charge is 2.29. The highest BCUT2D eigenvalue weighted by Crippen LogP contribution is 2.26. The third-order valence-corrected chi connectivity index (χ3v) is 7.22. The summed E-state index contributed by atoms with van der Waals surface area (Å²) >= 11 is 0. The van der Waals surface area contributed by atoms with Gasteiger partial charge in [-0.05, 0) is 25.0 Å². The molecule has 29 heavy (non-hydrogen) atoms. The third-order valence-electron chi connectivity index (χ3n) is 5.29. The molecule has 1 saturated heterocycles. The lowest BCUT2D eigenvalue weighted by Crippen LogP contribution is -2.44. The van der Waals surface area contributed by atoms with E-state index in [4.69, 9.17) is 5.10 Å². The second kappa shape index (κ2) is 8.49. The van der Waals surface area contributed by atoms with Gasteiger partial charge in [0, 0.05) is 44.0 Å². The van der Waals surface area contributed by atoms with Gasteiger partial charge in [0.25, 0.3) is 10.2 Å². The lowest BCUT2D eigenvalue weighted by atomic mass is 10.1. The van der Waals surface area contributed by atoms with Crippen molar-refractivity contribution in [2.45, 2.75) is 25.8 Å². The van der Waals surface area contributed by atoms with E-state index in [1.165, 1.54) is 4.31 Å². The van der Waals surface area contributed by atoms with Gasteiger partial charge in [-0.15, -0.1) is 0 Å². The minimum atomic E-state index is -3.48. The lowest BCUT2D eigenvalue weighted by molar-refractivity contribution is 0.314. The Morgan fingerprint density at radius 3 is 2.21 bits per heavy atom. The molecular formula is C22H26N4O2S. The van der Waals surface area contributed by atoms with E-state index in [0.717, 1.165) is 41.8 Å². The summed E-state index contributed by atoms with van der Waals surface area (Å²) in [7, 11) is -1.83. The van der Waals surface area contributed by atoms with Crippen LogP contribution in [-0.4, -0.2) is 46.9 Å². The number of piperidine rings is 1.